The minimum atomic E-state index is -5.68. The molecule has 0 aromatic carbocycles. The summed E-state index contributed by atoms with van der Waals surface area (Å²) in [6, 6.07) is 0. The standard InChI is InChI=1S/2Na.H4O7P2/c;;1-8(2,3)7-9(4,5)6/h;;(H2,1,2,3)(H2,4,5,6)/q2*+1;/p-4. The van der Waals surface area contributed by atoms with Gasteiger partial charge in [-0.25, -0.2) is 0 Å². The van der Waals surface area contributed by atoms with E-state index in [1.165, 1.54) is 0 Å². The van der Waals surface area contributed by atoms with Crippen LogP contribution >= 0.6 is 15.6 Å². The Morgan fingerprint density at radius 3 is 1.00 bits per heavy atom. The molecule has 0 atom stereocenters. The smallest absolute Gasteiger partial charge is 0.790 e. The summed E-state index contributed by atoms with van der Waals surface area (Å²) < 4.78 is 21.2. The maximum atomic E-state index is 9.32. The van der Waals surface area contributed by atoms with Crippen molar-refractivity contribution in [3.05, 3.63) is 0 Å². The summed E-state index contributed by atoms with van der Waals surface area (Å²) in [5.74, 6) is 0. The Bertz CT molecular complexity index is 155. The van der Waals surface area contributed by atoms with Gasteiger partial charge in [0, 0.05) is 0 Å². The fraction of sp³-hybridized carbons (Fsp3) is 0. The van der Waals surface area contributed by atoms with E-state index in [0.717, 1.165) is 0 Å². The summed E-state index contributed by atoms with van der Waals surface area (Å²) in [5.41, 5.74) is 0. The van der Waals surface area contributed by atoms with Crippen LogP contribution in [0.2, 0.25) is 0 Å². The molecule has 0 aliphatic heterocycles. The second-order valence-corrected chi connectivity index (χ2v) is 3.42. The van der Waals surface area contributed by atoms with E-state index < -0.39 is 15.6 Å². The van der Waals surface area contributed by atoms with E-state index in [1.54, 1.807) is 0 Å². The van der Waals surface area contributed by atoms with Crippen molar-refractivity contribution in [1.29, 1.82) is 0 Å². The summed E-state index contributed by atoms with van der Waals surface area (Å²) in [6.07, 6.45) is 0. The fourth-order valence-corrected chi connectivity index (χ4v) is 1.10. The Hall–Kier alpha value is 2.26. The molecule has 0 N–H and O–H groups in total. The van der Waals surface area contributed by atoms with Crippen molar-refractivity contribution in [3.8, 4) is 0 Å². The molecular formula is Na2O7P2-2. The molecule has 0 radical (unpaired) electrons. The summed E-state index contributed by atoms with van der Waals surface area (Å²) in [7, 11) is -11.4. The van der Waals surface area contributed by atoms with Gasteiger partial charge >= 0.3 is 59.1 Å². The maximum Gasteiger partial charge on any atom is 1.00 e. The van der Waals surface area contributed by atoms with Crippen molar-refractivity contribution in [3.63, 3.8) is 0 Å². The van der Waals surface area contributed by atoms with E-state index in [0.29, 0.717) is 0 Å². The molecule has 0 fully saturated rings. The molecule has 0 spiro atoms. The second-order valence-electron chi connectivity index (χ2n) is 0.976. The van der Waals surface area contributed by atoms with Crippen molar-refractivity contribution < 1.29 is 92.1 Å². The minimum Gasteiger partial charge on any atom is -0.790 e. The van der Waals surface area contributed by atoms with E-state index in [1.807, 2.05) is 0 Å². The summed E-state index contributed by atoms with van der Waals surface area (Å²) in [5, 5.41) is 0. The van der Waals surface area contributed by atoms with Crippen LogP contribution in [0.5, 0.6) is 0 Å². The predicted molar refractivity (Wildman–Crippen MR) is 16.3 cm³/mol. The normalized spacial score (nSPS) is 11.3. The predicted octanol–water partition coefficient (Wildman–Crippen LogP) is -9.33. The van der Waals surface area contributed by atoms with Crippen molar-refractivity contribution in [2.45, 2.75) is 0 Å². The topological polar surface area (TPSA) is 136 Å². The number of phosphoric acid groups is 2. The van der Waals surface area contributed by atoms with Gasteiger partial charge in [-0.3, -0.25) is 0 Å². The van der Waals surface area contributed by atoms with E-state index in [2.05, 4.69) is 4.31 Å². The van der Waals surface area contributed by atoms with Crippen molar-refractivity contribution in [2.24, 2.45) is 0 Å². The monoisotopic (exact) mass is 220 g/mol. The zero-order valence-corrected chi connectivity index (χ0v) is 11.5. The number of hydrogen-bond donors (Lipinski definition) is 0. The fourth-order valence-electron chi connectivity index (χ4n) is 0.122. The van der Waals surface area contributed by atoms with Gasteiger partial charge in [-0.15, -0.1) is 0 Å². The van der Waals surface area contributed by atoms with Crippen LogP contribution in [0.25, 0.3) is 0 Å². The van der Waals surface area contributed by atoms with Crippen LogP contribution < -0.4 is 78.7 Å². The molecule has 0 amide bonds. The minimum absolute atomic E-state index is 0. The Labute approximate surface area is 107 Å². The van der Waals surface area contributed by atoms with Crippen LogP contribution in [0, 0.1) is 0 Å². The molecule has 0 aliphatic carbocycles. The van der Waals surface area contributed by atoms with Gasteiger partial charge in [0.1, 0.15) is 0 Å². The molecule has 0 bridgehead atoms. The van der Waals surface area contributed by atoms with Crippen LogP contribution in [0.4, 0.5) is 0 Å². The van der Waals surface area contributed by atoms with Crippen LogP contribution in [0.3, 0.4) is 0 Å². The Morgan fingerprint density at radius 1 is 0.818 bits per heavy atom. The van der Waals surface area contributed by atoms with Gasteiger partial charge in [-0.1, -0.05) is 0 Å². The van der Waals surface area contributed by atoms with E-state index in [9.17, 15) is 28.7 Å². The number of rotatable bonds is 2. The van der Waals surface area contributed by atoms with Crippen LogP contribution in [-0.2, 0) is 13.4 Å². The average molecular weight is 220 g/mol. The van der Waals surface area contributed by atoms with Crippen LogP contribution in [-0.4, -0.2) is 0 Å². The van der Waals surface area contributed by atoms with Gasteiger partial charge in [0.25, 0.3) is 0 Å². The van der Waals surface area contributed by atoms with Gasteiger partial charge in [0.2, 0.25) is 0 Å². The second kappa shape index (κ2) is 6.68. The molecule has 11 heavy (non-hydrogen) atoms. The van der Waals surface area contributed by atoms with E-state index >= 15 is 0 Å². The molecule has 7 nitrogen and oxygen atoms in total. The molecule has 0 aliphatic rings. The molecule has 0 rings (SSSR count). The van der Waals surface area contributed by atoms with Crippen molar-refractivity contribution >= 4 is 15.6 Å². The summed E-state index contributed by atoms with van der Waals surface area (Å²) in [4.78, 5) is 37.3. The first-order chi connectivity index (χ1) is 3.71. The molecule has 0 heterocycles. The molecule has 0 aromatic rings. The molecule has 11 heteroatoms. The van der Waals surface area contributed by atoms with Crippen LogP contribution in [0.15, 0.2) is 0 Å². The van der Waals surface area contributed by atoms with Gasteiger partial charge in [-0.05, 0) is 0 Å². The Kier molecular flexibility index (Phi) is 11.5. The molecule has 56 valence electrons. The van der Waals surface area contributed by atoms with E-state index in [4.69, 9.17) is 0 Å². The van der Waals surface area contributed by atoms with Gasteiger partial charge in [-0.2, -0.15) is 0 Å². The third-order valence-corrected chi connectivity index (χ3v) is 1.80. The SMILES string of the molecule is O=P([O-])([O-])OP(=O)([O-])[O-].[Na+].[Na+]. The summed E-state index contributed by atoms with van der Waals surface area (Å²) in [6.45, 7) is 0. The molecular weight excluding hydrogens is 220 g/mol. The van der Waals surface area contributed by atoms with Gasteiger partial charge in [0.05, 0.1) is 15.6 Å². The zero-order valence-electron chi connectivity index (χ0n) is 5.75. The van der Waals surface area contributed by atoms with Crippen molar-refractivity contribution in [2.75, 3.05) is 0 Å². The average Bonchev–Trinajstić information content (AvgIpc) is 1.14. The molecule has 0 aromatic heterocycles. The Morgan fingerprint density at radius 2 is 1.00 bits per heavy atom. The third-order valence-electron chi connectivity index (χ3n) is 0.200. The first-order valence-corrected chi connectivity index (χ1v) is 4.38. The van der Waals surface area contributed by atoms with Gasteiger partial charge < -0.3 is 33.0 Å². The van der Waals surface area contributed by atoms with Crippen LogP contribution in [0.1, 0.15) is 0 Å². The first kappa shape index (κ1) is 18.9. The zero-order chi connectivity index (χ0) is 7.71. The Balaban J connectivity index is -0.000000320. The molecule has 0 unspecified atom stereocenters. The maximum absolute atomic E-state index is 9.32. The first-order valence-electron chi connectivity index (χ1n) is 1.46. The van der Waals surface area contributed by atoms with E-state index in [-0.39, 0.29) is 59.1 Å². The number of hydrogen-bond acceptors (Lipinski definition) is 7. The molecule has 0 saturated heterocycles. The third kappa shape index (κ3) is 18.9. The largest absolute Gasteiger partial charge is 1.00 e. The molecule has 0 saturated carbocycles. The quantitative estimate of drug-likeness (QED) is 0.332. The van der Waals surface area contributed by atoms with Gasteiger partial charge in [0.15, 0.2) is 0 Å². The van der Waals surface area contributed by atoms with Crippen molar-refractivity contribution in [1.82, 2.24) is 0 Å². The summed E-state index contributed by atoms with van der Waals surface area (Å²) >= 11 is 0.